The van der Waals surface area contributed by atoms with Crippen molar-refractivity contribution < 1.29 is 9.53 Å². The highest BCUT2D eigenvalue weighted by atomic mass is 32.2. The fourth-order valence-corrected chi connectivity index (χ4v) is 1.50. The molecule has 0 fully saturated rings. The predicted molar refractivity (Wildman–Crippen MR) is 66.3 cm³/mol. The van der Waals surface area contributed by atoms with Crippen LogP contribution in [-0.4, -0.2) is 37.2 Å². The minimum absolute atomic E-state index is 0.155. The lowest BCUT2D eigenvalue weighted by Crippen LogP contribution is -2.26. The Hall–Kier alpha value is -0.480. The first-order chi connectivity index (χ1) is 7.31. The molecular weight excluding hydrogens is 210 g/mol. The van der Waals surface area contributed by atoms with Gasteiger partial charge < -0.3 is 10.1 Å². The van der Waals surface area contributed by atoms with Gasteiger partial charge in [-0.3, -0.25) is 4.79 Å². The van der Waals surface area contributed by atoms with Crippen LogP contribution in [0.25, 0.3) is 0 Å². The van der Waals surface area contributed by atoms with Crippen LogP contribution in [0, 0.1) is 0 Å². The molecule has 88 valence electrons. The van der Waals surface area contributed by atoms with Gasteiger partial charge in [-0.15, -0.1) is 6.58 Å². The quantitative estimate of drug-likeness (QED) is 0.354. The number of unbranched alkanes of at least 4 members (excludes halogenated alkanes) is 1. The van der Waals surface area contributed by atoms with Crippen LogP contribution < -0.4 is 5.32 Å². The summed E-state index contributed by atoms with van der Waals surface area (Å²) in [6.07, 6.45) is 3.88. The van der Waals surface area contributed by atoms with Crippen LogP contribution >= 0.6 is 11.8 Å². The number of rotatable bonds is 10. The lowest BCUT2D eigenvalue weighted by atomic mass is 10.4. The molecule has 0 spiro atoms. The van der Waals surface area contributed by atoms with Gasteiger partial charge in [0.1, 0.15) is 0 Å². The molecule has 0 heterocycles. The minimum Gasteiger partial charge on any atom is -0.465 e. The molecule has 0 radical (unpaired) electrons. The van der Waals surface area contributed by atoms with Crippen LogP contribution in [-0.2, 0) is 9.53 Å². The van der Waals surface area contributed by atoms with E-state index in [2.05, 4.69) is 18.8 Å². The third-order valence-electron chi connectivity index (χ3n) is 1.69. The molecule has 0 amide bonds. The fourth-order valence-electron chi connectivity index (χ4n) is 0.883. The zero-order valence-electron chi connectivity index (χ0n) is 9.46. The molecule has 0 aromatic rings. The van der Waals surface area contributed by atoms with Crippen molar-refractivity contribution in [2.24, 2.45) is 0 Å². The number of nitrogens with one attached hydrogen (secondary N) is 1. The van der Waals surface area contributed by atoms with E-state index >= 15 is 0 Å². The van der Waals surface area contributed by atoms with E-state index in [-0.39, 0.29) is 5.97 Å². The van der Waals surface area contributed by atoms with Gasteiger partial charge in [0, 0.05) is 18.1 Å². The van der Waals surface area contributed by atoms with Crippen molar-refractivity contribution in [2.75, 3.05) is 31.2 Å². The Balaban J connectivity index is 3.13. The monoisotopic (exact) mass is 231 g/mol. The van der Waals surface area contributed by atoms with E-state index in [9.17, 15) is 4.79 Å². The summed E-state index contributed by atoms with van der Waals surface area (Å²) in [5.41, 5.74) is 0. The van der Waals surface area contributed by atoms with Crippen molar-refractivity contribution in [2.45, 2.75) is 19.8 Å². The number of carbonyl (C=O) groups excluding carboxylic acids is 1. The van der Waals surface area contributed by atoms with Crippen LogP contribution in [0.5, 0.6) is 0 Å². The van der Waals surface area contributed by atoms with Gasteiger partial charge in [-0.1, -0.05) is 19.4 Å². The molecule has 0 aromatic heterocycles. The first-order valence-electron chi connectivity index (χ1n) is 5.36. The lowest BCUT2D eigenvalue weighted by molar-refractivity contribution is -0.142. The second kappa shape index (κ2) is 11.6. The largest absolute Gasteiger partial charge is 0.465 e. The van der Waals surface area contributed by atoms with Gasteiger partial charge in [0.25, 0.3) is 0 Å². The Labute approximate surface area is 96.6 Å². The number of hydrogen-bond donors (Lipinski definition) is 1. The Morgan fingerprint density at radius 3 is 3.07 bits per heavy atom. The van der Waals surface area contributed by atoms with E-state index in [0.29, 0.717) is 13.2 Å². The van der Waals surface area contributed by atoms with Crippen LogP contribution in [0.2, 0.25) is 0 Å². The maximum absolute atomic E-state index is 11.1. The van der Waals surface area contributed by atoms with Crippen LogP contribution in [0.3, 0.4) is 0 Å². The summed E-state index contributed by atoms with van der Waals surface area (Å²) < 4.78 is 4.99. The van der Waals surface area contributed by atoms with Gasteiger partial charge in [-0.05, 0) is 6.42 Å². The summed E-state index contributed by atoms with van der Waals surface area (Å²) >= 11 is 1.79. The fraction of sp³-hybridized carbons (Fsp3) is 0.727. The molecule has 0 aliphatic heterocycles. The van der Waals surface area contributed by atoms with Crippen molar-refractivity contribution in [3.8, 4) is 0 Å². The third-order valence-corrected chi connectivity index (χ3v) is 2.65. The smallest absolute Gasteiger partial charge is 0.319 e. The van der Waals surface area contributed by atoms with Crippen molar-refractivity contribution >= 4 is 17.7 Å². The number of carbonyl (C=O) groups is 1. The molecule has 0 aliphatic carbocycles. The summed E-state index contributed by atoms with van der Waals surface area (Å²) in [5, 5.41) is 3.04. The van der Waals surface area contributed by atoms with Gasteiger partial charge in [-0.2, -0.15) is 11.8 Å². The maximum atomic E-state index is 11.1. The van der Waals surface area contributed by atoms with Gasteiger partial charge >= 0.3 is 5.97 Å². The third kappa shape index (κ3) is 11.4. The van der Waals surface area contributed by atoms with E-state index in [1.807, 2.05) is 6.08 Å². The first-order valence-corrected chi connectivity index (χ1v) is 6.51. The van der Waals surface area contributed by atoms with E-state index < -0.39 is 0 Å². The maximum Gasteiger partial charge on any atom is 0.319 e. The average Bonchev–Trinajstić information content (AvgIpc) is 2.23. The van der Waals surface area contributed by atoms with E-state index in [4.69, 9.17) is 4.74 Å². The van der Waals surface area contributed by atoms with Crippen molar-refractivity contribution in [3.63, 3.8) is 0 Å². The van der Waals surface area contributed by atoms with Crippen molar-refractivity contribution in [1.82, 2.24) is 5.32 Å². The Kier molecular flexibility index (Phi) is 11.2. The molecule has 0 rings (SSSR count). The van der Waals surface area contributed by atoms with E-state index in [0.717, 1.165) is 30.9 Å². The molecule has 15 heavy (non-hydrogen) atoms. The van der Waals surface area contributed by atoms with Crippen LogP contribution in [0.1, 0.15) is 19.8 Å². The minimum atomic E-state index is -0.155. The van der Waals surface area contributed by atoms with E-state index in [1.165, 1.54) is 0 Å². The Morgan fingerprint density at radius 2 is 2.40 bits per heavy atom. The summed E-state index contributed by atoms with van der Waals surface area (Å²) in [6.45, 7) is 7.40. The molecule has 0 aliphatic rings. The van der Waals surface area contributed by atoms with Crippen LogP contribution in [0.4, 0.5) is 0 Å². The molecule has 0 atom stereocenters. The zero-order chi connectivity index (χ0) is 11.4. The van der Waals surface area contributed by atoms with Gasteiger partial charge in [0.15, 0.2) is 0 Å². The predicted octanol–water partition coefficient (Wildman–Crippen LogP) is 1.84. The number of ether oxygens (including phenoxy) is 1. The van der Waals surface area contributed by atoms with Gasteiger partial charge in [0.2, 0.25) is 0 Å². The summed E-state index contributed by atoms with van der Waals surface area (Å²) in [4.78, 5) is 11.1. The van der Waals surface area contributed by atoms with Crippen LogP contribution in [0.15, 0.2) is 12.7 Å². The van der Waals surface area contributed by atoms with Gasteiger partial charge in [-0.25, -0.2) is 0 Å². The zero-order valence-corrected chi connectivity index (χ0v) is 10.3. The Bertz CT molecular complexity index is 174. The standard InChI is InChI=1S/C11H21NO2S/c1-3-5-7-14-11(13)10-12-6-9-15-8-4-2/h4,12H,2-3,5-10H2,1H3. The number of hydrogen-bond acceptors (Lipinski definition) is 4. The summed E-state index contributed by atoms with van der Waals surface area (Å²) in [5.74, 6) is 1.80. The molecule has 0 saturated carbocycles. The molecular formula is C11H21NO2S. The van der Waals surface area contributed by atoms with E-state index in [1.54, 1.807) is 11.8 Å². The Morgan fingerprint density at radius 1 is 1.60 bits per heavy atom. The molecule has 0 saturated heterocycles. The average molecular weight is 231 g/mol. The first kappa shape index (κ1) is 14.5. The second-order valence-electron chi connectivity index (χ2n) is 3.11. The van der Waals surface area contributed by atoms with Gasteiger partial charge in [0.05, 0.1) is 13.2 Å². The number of esters is 1. The van der Waals surface area contributed by atoms with Crippen molar-refractivity contribution in [3.05, 3.63) is 12.7 Å². The summed E-state index contributed by atoms with van der Waals surface area (Å²) in [6, 6.07) is 0. The lowest BCUT2D eigenvalue weighted by Gasteiger charge is -2.05. The van der Waals surface area contributed by atoms with Crippen molar-refractivity contribution in [1.29, 1.82) is 0 Å². The highest BCUT2D eigenvalue weighted by Gasteiger charge is 2.00. The highest BCUT2D eigenvalue weighted by Crippen LogP contribution is 1.96. The highest BCUT2D eigenvalue weighted by molar-refractivity contribution is 7.99. The molecule has 0 unspecified atom stereocenters. The number of thioether (sulfide) groups is 1. The SMILES string of the molecule is C=CCSCCNCC(=O)OCCCC. The normalized spacial score (nSPS) is 9.93. The molecule has 1 N–H and O–H groups in total. The molecule has 0 bridgehead atoms. The summed E-state index contributed by atoms with van der Waals surface area (Å²) in [7, 11) is 0. The molecule has 4 heteroatoms. The molecule has 0 aromatic carbocycles. The second-order valence-corrected chi connectivity index (χ2v) is 4.26. The topological polar surface area (TPSA) is 38.3 Å². The molecule has 3 nitrogen and oxygen atoms in total.